The predicted octanol–water partition coefficient (Wildman–Crippen LogP) is 0.464. The SMILES string of the molecule is COC(=O)[C@@H](Cc1c[nH]c2ccccc12)N=Cc1c(O)n(C)c(=O)[nH]c1=O. The first-order valence-electron chi connectivity index (χ1n) is 8.10. The van der Waals surface area contributed by atoms with Crippen molar-refractivity contribution < 1.29 is 14.6 Å². The van der Waals surface area contributed by atoms with Crippen LogP contribution in [0.1, 0.15) is 11.1 Å². The van der Waals surface area contributed by atoms with Gasteiger partial charge in [0.2, 0.25) is 5.88 Å². The van der Waals surface area contributed by atoms with Crippen molar-refractivity contribution >= 4 is 23.1 Å². The van der Waals surface area contributed by atoms with E-state index < -0.39 is 29.1 Å². The van der Waals surface area contributed by atoms with E-state index in [0.29, 0.717) is 0 Å². The second kappa shape index (κ2) is 7.32. The van der Waals surface area contributed by atoms with Gasteiger partial charge in [-0.05, 0) is 11.6 Å². The van der Waals surface area contributed by atoms with Gasteiger partial charge in [-0.3, -0.25) is 19.3 Å². The third-order valence-corrected chi connectivity index (χ3v) is 4.27. The van der Waals surface area contributed by atoms with Crippen molar-refractivity contribution in [3.8, 4) is 5.88 Å². The van der Waals surface area contributed by atoms with Crippen LogP contribution in [0.3, 0.4) is 0 Å². The number of nitrogens with one attached hydrogen (secondary N) is 2. The van der Waals surface area contributed by atoms with Crippen LogP contribution in [0.4, 0.5) is 0 Å². The molecule has 0 saturated carbocycles. The number of fused-ring (bicyclic) bond motifs is 1. The number of benzene rings is 1. The summed E-state index contributed by atoms with van der Waals surface area (Å²) in [4.78, 5) is 44.8. The normalized spacial score (nSPS) is 12.5. The number of aromatic amines is 2. The molecule has 0 aliphatic carbocycles. The number of esters is 1. The average molecular weight is 370 g/mol. The highest BCUT2D eigenvalue weighted by molar-refractivity contribution is 5.87. The zero-order valence-electron chi connectivity index (χ0n) is 14.7. The molecule has 0 aliphatic rings. The molecule has 140 valence electrons. The molecule has 1 atom stereocenters. The molecular formula is C18H18N4O5. The molecule has 0 aliphatic heterocycles. The molecule has 2 heterocycles. The maximum Gasteiger partial charge on any atom is 0.330 e. The van der Waals surface area contributed by atoms with Crippen LogP contribution < -0.4 is 11.2 Å². The van der Waals surface area contributed by atoms with Crippen molar-refractivity contribution in [2.24, 2.45) is 12.0 Å². The van der Waals surface area contributed by atoms with Crippen molar-refractivity contribution in [2.75, 3.05) is 7.11 Å². The Morgan fingerprint density at radius 1 is 1.37 bits per heavy atom. The van der Waals surface area contributed by atoms with Gasteiger partial charge in [-0.1, -0.05) is 18.2 Å². The zero-order chi connectivity index (χ0) is 19.6. The fraction of sp³-hybridized carbons (Fsp3) is 0.222. The quantitative estimate of drug-likeness (QED) is 0.444. The van der Waals surface area contributed by atoms with E-state index in [4.69, 9.17) is 4.74 Å². The van der Waals surface area contributed by atoms with Crippen molar-refractivity contribution in [1.29, 1.82) is 0 Å². The molecule has 0 spiro atoms. The molecule has 2 aromatic heterocycles. The molecule has 0 amide bonds. The fourth-order valence-electron chi connectivity index (χ4n) is 2.75. The molecule has 9 heteroatoms. The number of aromatic hydroxyl groups is 1. The van der Waals surface area contributed by atoms with E-state index in [1.54, 1.807) is 6.20 Å². The van der Waals surface area contributed by atoms with Crippen LogP contribution in [0.5, 0.6) is 5.88 Å². The number of rotatable bonds is 5. The topological polar surface area (TPSA) is 130 Å². The Morgan fingerprint density at radius 3 is 2.85 bits per heavy atom. The summed E-state index contributed by atoms with van der Waals surface area (Å²) in [6.07, 6.45) is 3.09. The van der Waals surface area contributed by atoms with Gasteiger partial charge in [0, 0.05) is 36.8 Å². The van der Waals surface area contributed by atoms with Gasteiger partial charge in [0.1, 0.15) is 5.56 Å². The summed E-state index contributed by atoms with van der Waals surface area (Å²) < 4.78 is 5.67. The monoisotopic (exact) mass is 370 g/mol. The van der Waals surface area contributed by atoms with Gasteiger partial charge in [-0.25, -0.2) is 9.59 Å². The highest BCUT2D eigenvalue weighted by atomic mass is 16.5. The molecular weight excluding hydrogens is 352 g/mol. The minimum absolute atomic E-state index is 0.218. The van der Waals surface area contributed by atoms with Gasteiger partial charge in [-0.2, -0.15) is 0 Å². The third kappa shape index (κ3) is 3.52. The van der Waals surface area contributed by atoms with E-state index in [-0.39, 0.29) is 12.0 Å². The van der Waals surface area contributed by atoms with Crippen molar-refractivity contribution in [3.63, 3.8) is 0 Å². The summed E-state index contributed by atoms with van der Waals surface area (Å²) in [6.45, 7) is 0. The molecule has 3 aromatic rings. The molecule has 0 fully saturated rings. The number of hydrogen-bond donors (Lipinski definition) is 3. The second-order valence-corrected chi connectivity index (χ2v) is 5.94. The highest BCUT2D eigenvalue weighted by Crippen LogP contribution is 2.20. The van der Waals surface area contributed by atoms with Crippen LogP contribution in [0.15, 0.2) is 45.0 Å². The molecule has 0 saturated heterocycles. The summed E-state index contributed by atoms with van der Waals surface area (Å²) in [5.74, 6) is -1.12. The van der Waals surface area contributed by atoms with Gasteiger partial charge in [-0.15, -0.1) is 0 Å². The van der Waals surface area contributed by atoms with Gasteiger partial charge in [0.25, 0.3) is 5.56 Å². The number of aromatic nitrogens is 3. The Bertz CT molecular complexity index is 1140. The number of para-hydroxylation sites is 1. The van der Waals surface area contributed by atoms with Gasteiger partial charge >= 0.3 is 11.7 Å². The lowest BCUT2D eigenvalue weighted by Crippen LogP contribution is -2.31. The predicted molar refractivity (Wildman–Crippen MR) is 99.4 cm³/mol. The van der Waals surface area contributed by atoms with Crippen LogP contribution >= 0.6 is 0 Å². The molecule has 3 rings (SSSR count). The molecule has 3 N–H and O–H groups in total. The van der Waals surface area contributed by atoms with E-state index in [1.165, 1.54) is 14.2 Å². The smallest absolute Gasteiger partial charge is 0.330 e. The largest absolute Gasteiger partial charge is 0.494 e. The summed E-state index contributed by atoms with van der Waals surface area (Å²) in [5.41, 5.74) is 0.0157. The standard InChI is InChI=1S/C18H18N4O5/c1-22-16(24)12(15(23)21-18(22)26)9-20-14(17(25)27-2)7-10-8-19-13-6-4-3-5-11(10)13/h3-6,8-9,14,19,24H,7H2,1-2H3,(H,21,23,26)/t14-/m1/s1. The first-order chi connectivity index (χ1) is 12.9. The number of hydrogen-bond acceptors (Lipinski definition) is 6. The molecule has 0 bridgehead atoms. The number of methoxy groups -OCH3 is 1. The van der Waals surface area contributed by atoms with Crippen LogP contribution in [0.2, 0.25) is 0 Å². The lowest BCUT2D eigenvalue weighted by Gasteiger charge is -2.10. The minimum Gasteiger partial charge on any atom is -0.494 e. The number of ether oxygens (including phenoxy) is 1. The number of carbonyl (C=O) groups excluding carboxylic acids is 1. The Balaban J connectivity index is 1.96. The summed E-state index contributed by atoms with van der Waals surface area (Å²) >= 11 is 0. The molecule has 0 unspecified atom stereocenters. The third-order valence-electron chi connectivity index (χ3n) is 4.27. The van der Waals surface area contributed by atoms with Crippen LogP contribution in [0, 0.1) is 0 Å². The summed E-state index contributed by atoms with van der Waals surface area (Å²) in [7, 11) is 2.55. The lowest BCUT2D eigenvalue weighted by atomic mass is 10.1. The van der Waals surface area contributed by atoms with Crippen molar-refractivity contribution in [1.82, 2.24) is 14.5 Å². The fourth-order valence-corrected chi connectivity index (χ4v) is 2.75. The molecule has 27 heavy (non-hydrogen) atoms. The van der Waals surface area contributed by atoms with Crippen LogP contribution in [-0.2, 0) is 23.0 Å². The number of H-pyrrole nitrogens is 2. The van der Waals surface area contributed by atoms with E-state index in [2.05, 4.69) is 15.0 Å². The number of aliphatic imine (C=N–C) groups is 1. The van der Waals surface area contributed by atoms with Crippen LogP contribution in [-0.4, -0.2) is 45.0 Å². The maximum atomic E-state index is 12.1. The first-order valence-corrected chi connectivity index (χ1v) is 8.10. The van der Waals surface area contributed by atoms with E-state index in [0.717, 1.165) is 27.2 Å². The maximum absolute atomic E-state index is 12.1. The first kappa shape index (κ1) is 18.2. The van der Waals surface area contributed by atoms with Gasteiger partial charge < -0.3 is 14.8 Å². The van der Waals surface area contributed by atoms with Gasteiger partial charge in [0.05, 0.1) is 7.11 Å². The summed E-state index contributed by atoms with van der Waals surface area (Å²) in [6, 6.07) is 6.69. The van der Waals surface area contributed by atoms with E-state index in [9.17, 15) is 19.5 Å². The Morgan fingerprint density at radius 2 is 2.11 bits per heavy atom. The molecule has 1 aromatic carbocycles. The van der Waals surface area contributed by atoms with E-state index in [1.807, 2.05) is 24.3 Å². The second-order valence-electron chi connectivity index (χ2n) is 5.94. The minimum atomic E-state index is -0.926. The lowest BCUT2D eigenvalue weighted by molar-refractivity contribution is -0.142. The Hall–Kier alpha value is -3.62. The Labute approximate surface area is 153 Å². The molecule has 9 nitrogen and oxygen atoms in total. The van der Waals surface area contributed by atoms with E-state index >= 15 is 0 Å². The van der Waals surface area contributed by atoms with Crippen LogP contribution in [0.25, 0.3) is 10.9 Å². The zero-order valence-corrected chi connectivity index (χ0v) is 14.7. The van der Waals surface area contributed by atoms with Crippen molar-refractivity contribution in [2.45, 2.75) is 12.5 Å². The number of nitrogens with zero attached hydrogens (tertiary/aromatic N) is 2. The summed E-state index contributed by atoms with van der Waals surface area (Å²) in [5, 5.41) is 10.9. The highest BCUT2D eigenvalue weighted by Gasteiger charge is 2.20. The molecule has 0 radical (unpaired) electrons. The Kier molecular flexibility index (Phi) is 4.93. The van der Waals surface area contributed by atoms with Crippen molar-refractivity contribution in [3.05, 3.63) is 62.4 Å². The van der Waals surface area contributed by atoms with Gasteiger partial charge in [0.15, 0.2) is 6.04 Å². The average Bonchev–Trinajstić information content (AvgIpc) is 3.07. The number of carbonyl (C=O) groups is 1.